The topological polar surface area (TPSA) is 68.0 Å². The fraction of sp³-hybridized carbons (Fsp3) is 0.0625. The Morgan fingerprint density at radius 2 is 2.00 bits per heavy atom. The average molecular weight is 366 g/mol. The lowest BCUT2D eigenvalue weighted by molar-refractivity contribution is -0.115. The van der Waals surface area contributed by atoms with Crippen molar-refractivity contribution >= 4 is 34.8 Å². The standard InChI is InChI=1S/C16H10Cl2FN3O2/c17-9-5-6-11(18)10(7-9)16-21-14(22-24-16)8-15(23)20-13-4-2-1-3-12(13)19/h1-7H,8H2,(H,20,23). The van der Waals surface area contributed by atoms with E-state index in [-0.39, 0.29) is 23.8 Å². The molecule has 1 N–H and O–H groups in total. The van der Waals surface area contributed by atoms with Crippen molar-refractivity contribution in [1.29, 1.82) is 0 Å². The van der Waals surface area contributed by atoms with Gasteiger partial charge in [0, 0.05) is 5.02 Å². The zero-order valence-electron chi connectivity index (χ0n) is 12.1. The minimum atomic E-state index is -0.523. The van der Waals surface area contributed by atoms with Crippen LogP contribution in [-0.2, 0) is 11.2 Å². The van der Waals surface area contributed by atoms with Crippen molar-refractivity contribution in [1.82, 2.24) is 10.1 Å². The normalized spacial score (nSPS) is 10.6. The molecule has 3 rings (SSSR count). The van der Waals surface area contributed by atoms with Crippen LogP contribution in [0.15, 0.2) is 47.0 Å². The first-order valence-corrected chi connectivity index (χ1v) is 7.61. The summed E-state index contributed by atoms with van der Waals surface area (Å²) in [6.07, 6.45) is -0.171. The van der Waals surface area contributed by atoms with E-state index in [1.54, 1.807) is 24.3 Å². The highest BCUT2D eigenvalue weighted by atomic mass is 35.5. The first-order chi connectivity index (χ1) is 11.5. The van der Waals surface area contributed by atoms with E-state index in [0.717, 1.165) is 0 Å². The summed E-state index contributed by atoms with van der Waals surface area (Å²) in [5, 5.41) is 7.03. The number of benzene rings is 2. The number of hydrogen-bond donors (Lipinski definition) is 1. The molecule has 0 atom stereocenters. The Labute approximate surface area is 146 Å². The average Bonchev–Trinajstić information content (AvgIpc) is 3.00. The number of nitrogens with zero attached hydrogens (tertiary/aromatic N) is 2. The monoisotopic (exact) mass is 365 g/mol. The van der Waals surface area contributed by atoms with Crippen LogP contribution >= 0.6 is 23.2 Å². The molecule has 1 aromatic heterocycles. The van der Waals surface area contributed by atoms with Crippen molar-refractivity contribution in [2.24, 2.45) is 0 Å². The molecule has 0 spiro atoms. The predicted octanol–water partition coefficient (Wildman–Crippen LogP) is 4.36. The Morgan fingerprint density at radius 3 is 2.79 bits per heavy atom. The van der Waals surface area contributed by atoms with Crippen LogP contribution in [0.4, 0.5) is 10.1 Å². The highest BCUT2D eigenvalue weighted by molar-refractivity contribution is 6.35. The number of amides is 1. The summed E-state index contributed by atoms with van der Waals surface area (Å²) >= 11 is 12.0. The summed E-state index contributed by atoms with van der Waals surface area (Å²) in [6.45, 7) is 0. The van der Waals surface area contributed by atoms with Crippen LogP contribution in [0.2, 0.25) is 10.0 Å². The number of carbonyl (C=O) groups is 1. The first kappa shape index (κ1) is 16.4. The van der Waals surface area contributed by atoms with Crippen molar-refractivity contribution in [2.45, 2.75) is 6.42 Å². The van der Waals surface area contributed by atoms with Crippen LogP contribution in [0, 0.1) is 5.82 Å². The molecule has 0 saturated carbocycles. The third-order valence-corrected chi connectivity index (χ3v) is 3.66. The number of halogens is 3. The van der Waals surface area contributed by atoms with Gasteiger partial charge in [-0.15, -0.1) is 0 Å². The molecule has 0 fully saturated rings. The van der Waals surface area contributed by atoms with Gasteiger partial charge in [-0.25, -0.2) is 4.39 Å². The zero-order chi connectivity index (χ0) is 17.1. The number of rotatable bonds is 4. The maximum atomic E-state index is 13.5. The first-order valence-electron chi connectivity index (χ1n) is 6.85. The number of aromatic nitrogens is 2. The van der Waals surface area contributed by atoms with E-state index in [1.807, 2.05) is 0 Å². The molecule has 2 aromatic carbocycles. The van der Waals surface area contributed by atoms with Crippen LogP contribution < -0.4 is 5.32 Å². The summed E-state index contributed by atoms with van der Waals surface area (Å²) in [4.78, 5) is 16.1. The van der Waals surface area contributed by atoms with Gasteiger partial charge in [-0.05, 0) is 30.3 Å². The molecule has 0 aliphatic heterocycles. The lowest BCUT2D eigenvalue weighted by Gasteiger charge is -2.04. The van der Waals surface area contributed by atoms with Crippen molar-refractivity contribution in [2.75, 3.05) is 5.32 Å². The van der Waals surface area contributed by atoms with Crippen molar-refractivity contribution < 1.29 is 13.7 Å². The number of hydrogen-bond acceptors (Lipinski definition) is 4. The van der Waals surface area contributed by atoms with Crippen LogP contribution in [-0.4, -0.2) is 16.0 Å². The van der Waals surface area contributed by atoms with Gasteiger partial charge in [0.1, 0.15) is 5.82 Å². The molecular formula is C16H10Cl2FN3O2. The smallest absolute Gasteiger partial charge is 0.259 e. The molecule has 1 amide bonds. The zero-order valence-corrected chi connectivity index (χ0v) is 13.6. The van der Waals surface area contributed by atoms with E-state index in [2.05, 4.69) is 15.5 Å². The highest BCUT2D eigenvalue weighted by Gasteiger charge is 2.16. The molecule has 0 unspecified atom stereocenters. The van der Waals surface area contributed by atoms with E-state index in [4.69, 9.17) is 27.7 Å². The van der Waals surface area contributed by atoms with Crippen molar-refractivity contribution in [3.05, 3.63) is 64.2 Å². The number of anilines is 1. The summed E-state index contributed by atoms with van der Waals surface area (Å²) < 4.78 is 18.6. The third kappa shape index (κ3) is 3.72. The van der Waals surface area contributed by atoms with Gasteiger partial charge in [-0.3, -0.25) is 4.79 Å². The Bertz CT molecular complexity index is 899. The van der Waals surface area contributed by atoms with Gasteiger partial charge in [0.25, 0.3) is 5.89 Å². The molecule has 5 nitrogen and oxygen atoms in total. The summed E-state index contributed by atoms with van der Waals surface area (Å²) in [5.74, 6) is -0.693. The predicted molar refractivity (Wildman–Crippen MR) is 88.5 cm³/mol. The van der Waals surface area contributed by atoms with Crippen molar-refractivity contribution in [3.8, 4) is 11.5 Å². The molecule has 8 heteroatoms. The van der Waals surface area contributed by atoms with Gasteiger partial charge >= 0.3 is 0 Å². The fourth-order valence-corrected chi connectivity index (χ4v) is 2.37. The molecule has 24 heavy (non-hydrogen) atoms. The van der Waals surface area contributed by atoms with Gasteiger partial charge in [0.2, 0.25) is 5.91 Å². The summed E-state index contributed by atoms with van der Waals surface area (Å²) in [6, 6.07) is 10.7. The summed E-state index contributed by atoms with van der Waals surface area (Å²) in [7, 11) is 0. The van der Waals surface area contributed by atoms with Crippen LogP contribution in [0.5, 0.6) is 0 Å². The molecule has 0 aliphatic rings. The Balaban J connectivity index is 1.73. The minimum absolute atomic E-state index is 0.0871. The quantitative estimate of drug-likeness (QED) is 0.745. The van der Waals surface area contributed by atoms with Crippen LogP contribution in [0.25, 0.3) is 11.5 Å². The lowest BCUT2D eigenvalue weighted by Crippen LogP contribution is -2.16. The number of carbonyl (C=O) groups excluding carboxylic acids is 1. The number of nitrogens with one attached hydrogen (secondary N) is 1. The molecule has 122 valence electrons. The lowest BCUT2D eigenvalue weighted by atomic mass is 10.2. The molecule has 0 saturated heterocycles. The maximum absolute atomic E-state index is 13.5. The van der Waals surface area contributed by atoms with E-state index >= 15 is 0 Å². The molecule has 0 radical (unpaired) electrons. The van der Waals surface area contributed by atoms with E-state index in [9.17, 15) is 9.18 Å². The van der Waals surface area contributed by atoms with Crippen LogP contribution in [0.3, 0.4) is 0 Å². The Kier molecular flexibility index (Phi) is 4.78. The maximum Gasteiger partial charge on any atom is 0.259 e. The van der Waals surface area contributed by atoms with Gasteiger partial charge in [-0.1, -0.05) is 40.5 Å². The SMILES string of the molecule is O=C(Cc1noc(-c2cc(Cl)ccc2Cl)n1)Nc1ccccc1F. The summed E-state index contributed by atoms with van der Waals surface area (Å²) in [5.41, 5.74) is 0.557. The van der Waals surface area contributed by atoms with Gasteiger partial charge in [-0.2, -0.15) is 4.98 Å². The highest BCUT2D eigenvalue weighted by Crippen LogP contribution is 2.29. The van der Waals surface area contributed by atoms with Gasteiger partial charge in [0.15, 0.2) is 5.82 Å². The van der Waals surface area contributed by atoms with Crippen LogP contribution in [0.1, 0.15) is 5.82 Å². The van der Waals surface area contributed by atoms with E-state index in [0.29, 0.717) is 15.6 Å². The Morgan fingerprint density at radius 1 is 1.21 bits per heavy atom. The van der Waals surface area contributed by atoms with Gasteiger partial charge in [0.05, 0.1) is 22.7 Å². The molecule has 0 bridgehead atoms. The largest absolute Gasteiger partial charge is 0.334 e. The Hall–Kier alpha value is -2.44. The molecule has 3 aromatic rings. The fourth-order valence-electron chi connectivity index (χ4n) is 2.00. The molecule has 1 heterocycles. The molecular weight excluding hydrogens is 356 g/mol. The van der Waals surface area contributed by atoms with Gasteiger partial charge < -0.3 is 9.84 Å². The number of para-hydroxylation sites is 1. The second kappa shape index (κ2) is 6.98. The van der Waals surface area contributed by atoms with E-state index in [1.165, 1.54) is 18.2 Å². The second-order valence-corrected chi connectivity index (χ2v) is 5.69. The molecule has 0 aliphatic carbocycles. The second-order valence-electron chi connectivity index (χ2n) is 4.84. The van der Waals surface area contributed by atoms with Crippen molar-refractivity contribution in [3.63, 3.8) is 0 Å². The van der Waals surface area contributed by atoms with E-state index < -0.39 is 11.7 Å². The minimum Gasteiger partial charge on any atom is -0.334 e. The third-order valence-electron chi connectivity index (χ3n) is 3.09.